The topological polar surface area (TPSA) is 69.6 Å². The fourth-order valence-corrected chi connectivity index (χ4v) is 3.72. The molecule has 2 N–H and O–H groups in total. The van der Waals surface area contributed by atoms with Crippen LogP contribution >= 0.6 is 0 Å². The number of nitrogens with one attached hydrogen (secondary N) is 1. The summed E-state index contributed by atoms with van der Waals surface area (Å²) in [6, 6.07) is 19.5. The SMILES string of the molecule is C[C@@H](CO)NC(=O)C1CCN(C(=O)C(c2ccccc2)c2ccccc2)CC1. The lowest BCUT2D eigenvalue weighted by molar-refractivity contribution is -0.136. The molecule has 0 aliphatic carbocycles. The van der Waals surface area contributed by atoms with Gasteiger partial charge >= 0.3 is 0 Å². The average molecular weight is 380 g/mol. The predicted molar refractivity (Wildman–Crippen MR) is 109 cm³/mol. The molecule has 2 amide bonds. The molecule has 1 atom stereocenters. The fourth-order valence-electron chi connectivity index (χ4n) is 3.72. The van der Waals surface area contributed by atoms with Crippen LogP contribution in [0.2, 0.25) is 0 Å². The second-order valence-corrected chi connectivity index (χ2v) is 7.45. The second kappa shape index (κ2) is 9.51. The highest BCUT2D eigenvalue weighted by Gasteiger charge is 2.32. The minimum absolute atomic E-state index is 0.0312. The largest absolute Gasteiger partial charge is 0.394 e. The molecule has 1 aliphatic rings. The Balaban J connectivity index is 1.70. The smallest absolute Gasteiger partial charge is 0.234 e. The van der Waals surface area contributed by atoms with Gasteiger partial charge in [-0.15, -0.1) is 0 Å². The number of likely N-dealkylation sites (tertiary alicyclic amines) is 1. The van der Waals surface area contributed by atoms with Crippen molar-refractivity contribution < 1.29 is 14.7 Å². The number of nitrogens with zero attached hydrogens (tertiary/aromatic N) is 1. The quantitative estimate of drug-likeness (QED) is 0.809. The third-order valence-electron chi connectivity index (χ3n) is 5.35. The van der Waals surface area contributed by atoms with Crippen LogP contribution in [0.5, 0.6) is 0 Å². The number of amides is 2. The highest BCUT2D eigenvalue weighted by molar-refractivity contribution is 5.87. The molecule has 148 valence electrons. The summed E-state index contributed by atoms with van der Waals surface area (Å²) in [6.45, 7) is 2.85. The highest BCUT2D eigenvalue weighted by atomic mass is 16.3. The van der Waals surface area contributed by atoms with E-state index in [1.54, 1.807) is 6.92 Å². The summed E-state index contributed by atoms with van der Waals surface area (Å²) in [5.41, 5.74) is 1.96. The third kappa shape index (κ3) is 4.78. The van der Waals surface area contributed by atoms with Gasteiger partial charge in [-0.2, -0.15) is 0 Å². The van der Waals surface area contributed by atoms with Gasteiger partial charge < -0.3 is 15.3 Å². The first kappa shape index (κ1) is 20.1. The summed E-state index contributed by atoms with van der Waals surface area (Å²) in [5, 5.41) is 11.9. The van der Waals surface area contributed by atoms with Crippen molar-refractivity contribution in [2.75, 3.05) is 19.7 Å². The van der Waals surface area contributed by atoms with Crippen molar-refractivity contribution in [2.24, 2.45) is 5.92 Å². The molecular formula is C23H28N2O3. The lowest BCUT2D eigenvalue weighted by Crippen LogP contribution is -2.46. The molecule has 0 unspecified atom stereocenters. The molecule has 0 radical (unpaired) electrons. The Kier molecular flexibility index (Phi) is 6.82. The maximum atomic E-state index is 13.4. The summed E-state index contributed by atoms with van der Waals surface area (Å²) < 4.78 is 0. The first-order valence-corrected chi connectivity index (χ1v) is 9.90. The standard InChI is InChI=1S/C23H28N2O3/c1-17(16-26)24-22(27)20-12-14-25(15-13-20)23(28)21(18-8-4-2-5-9-18)19-10-6-3-7-11-19/h2-11,17,20-21,26H,12-16H2,1H3,(H,24,27)/t17-/m0/s1. The minimum atomic E-state index is -0.331. The van der Waals surface area contributed by atoms with E-state index in [1.807, 2.05) is 65.6 Å². The van der Waals surface area contributed by atoms with Crippen molar-refractivity contribution in [1.82, 2.24) is 10.2 Å². The Labute approximate surface area is 166 Å². The number of benzene rings is 2. The van der Waals surface area contributed by atoms with Gasteiger partial charge in [0.05, 0.1) is 12.5 Å². The number of carbonyl (C=O) groups is 2. The van der Waals surface area contributed by atoms with Crippen LogP contribution in [0.15, 0.2) is 60.7 Å². The second-order valence-electron chi connectivity index (χ2n) is 7.45. The van der Waals surface area contributed by atoms with Gasteiger partial charge in [-0.05, 0) is 30.9 Å². The number of aliphatic hydroxyl groups excluding tert-OH is 1. The van der Waals surface area contributed by atoms with Gasteiger partial charge in [0, 0.05) is 25.0 Å². The lowest BCUT2D eigenvalue weighted by Gasteiger charge is -2.34. The molecule has 1 heterocycles. The van der Waals surface area contributed by atoms with E-state index < -0.39 is 0 Å². The Bertz CT molecular complexity index is 731. The van der Waals surface area contributed by atoms with Gasteiger partial charge in [0.25, 0.3) is 0 Å². The average Bonchev–Trinajstić information content (AvgIpc) is 2.75. The van der Waals surface area contributed by atoms with Crippen LogP contribution in [-0.2, 0) is 9.59 Å². The van der Waals surface area contributed by atoms with Crippen molar-refractivity contribution in [1.29, 1.82) is 0 Å². The zero-order valence-corrected chi connectivity index (χ0v) is 16.3. The number of rotatable bonds is 6. The van der Waals surface area contributed by atoms with E-state index in [0.717, 1.165) is 11.1 Å². The maximum Gasteiger partial charge on any atom is 0.234 e. The highest BCUT2D eigenvalue weighted by Crippen LogP contribution is 2.29. The Morgan fingerprint density at radius 3 is 1.96 bits per heavy atom. The number of hydrogen-bond acceptors (Lipinski definition) is 3. The van der Waals surface area contributed by atoms with Crippen molar-refractivity contribution in [3.05, 3.63) is 71.8 Å². The summed E-state index contributed by atoms with van der Waals surface area (Å²) >= 11 is 0. The van der Waals surface area contributed by atoms with E-state index in [0.29, 0.717) is 25.9 Å². The van der Waals surface area contributed by atoms with E-state index in [4.69, 9.17) is 5.11 Å². The molecule has 1 fully saturated rings. The molecule has 5 heteroatoms. The Morgan fingerprint density at radius 2 is 1.50 bits per heavy atom. The summed E-state index contributed by atoms with van der Waals surface area (Å²) in [5.74, 6) is -0.386. The van der Waals surface area contributed by atoms with Crippen molar-refractivity contribution >= 4 is 11.8 Å². The lowest BCUT2D eigenvalue weighted by atomic mass is 9.88. The van der Waals surface area contributed by atoms with Gasteiger partial charge in [0.15, 0.2) is 0 Å². The molecule has 1 saturated heterocycles. The number of carbonyl (C=O) groups excluding carboxylic acids is 2. The molecule has 28 heavy (non-hydrogen) atoms. The summed E-state index contributed by atoms with van der Waals surface area (Å²) in [6.07, 6.45) is 1.29. The fraction of sp³-hybridized carbons (Fsp3) is 0.391. The predicted octanol–water partition coefficient (Wildman–Crippen LogP) is 2.55. The number of piperidine rings is 1. The van der Waals surface area contributed by atoms with E-state index >= 15 is 0 Å². The molecule has 1 aliphatic heterocycles. The van der Waals surface area contributed by atoms with Crippen LogP contribution in [0, 0.1) is 5.92 Å². The minimum Gasteiger partial charge on any atom is -0.394 e. The van der Waals surface area contributed by atoms with Gasteiger partial charge in [0.2, 0.25) is 11.8 Å². The molecule has 5 nitrogen and oxygen atoms in total. The van der Waals surface area contributed by atoms with Gasteiger partial charge in [0.1, 0.15) is 0 Å². The zero-order valence-electron chi connectivity index (χ0n) is 16.3. The van der Waals surface area contributed by atoms with Crippen LogP contribution in [-0.4, -0.2) is 47.6 Å². The van der Waals surface area contributed by atoms with Gasteiger partial charge in [-0.25, -0.2) is 0 Å². The molecule has 0 bridgehead atoms. The first-order valence-electron chi connectivity index (χ1n) is 9.90. The van der Waals surface area contributed by atoms with E-state index in [9.17, 15) is 9.59 Å². The monoisotopic (exact) mass is 380 g/mol. The number of aliphatic hydroxyl groups is 1. The summed E-state index contributed by atoms with van der Waals surface area (Å²) in [7, 11) is 0. The van der Waals surface area contributed by atoms with Crippen molar-refractivity contribution in [3.63, 3.8) is 0 Å². The maximum absolute atomic E-state index is 13.4. The van der Waals surface area contributed by atoms with Gasteiger partial charge in [-0.1, -0.05) is 60.7 Å². The van der Waals surface area contributed by atoms with Crippen LogP contribution in [0.1, 0.15) is 36.8 Å². The van der Waals surface area contributed by atoms with Gasteiger partial charge in [-0.3, -0.25) is 9.59 Å². The Morgan fingerprint density at radius 1 is 1.00 bits per heavy atom. The first-order chi connectivity index (χ1) is 13.6. The molecular weight excluding hydrogens is 352 g/mol. The molecule has 2 aromatic carbocycles. The summed E-state index contributed by atoms with van der Waals surface area (Å²) in [4.78, 5) is 27.6. The number of hydrogen-bond donors (Lipinski definition) is 2. The van der Waals surface area contributed by atoms with Crippen LogP contribution in [0.3, 0.4) is 0 Å². The van der Waals surface area contributed by atoms with Crippen LogP contribution in [0.4, 0.5) is 0 Å². The zero-order chi connectivity index (χ0) is 19.9. The molecule has 0 aromatic heterocycles. The van der Waals surface area contributed by atoms with Crippen LogP contribution in [0.25, 0.3) is 0 Å². The van der Waals surface area contributed by atoms with E-state index in [1.165, 1.54) is 0 Å². The van der Waals surface area contributed by atoms with E-state index in [-0.39, 0.29) is 36.3 Å². The van der Waals surface area contributed by atoms with E-state index in [2.05, 4.69) is 5.32 Å². The van der Waals surface area contributed by atoms with Crippen molar-refractivity contribution in [2.45, 2.75) is 31.7 Å². The molecule has 2 aromatic rings. The van der Waals surface area contributed by atoms with Crippen molar-refractivity contribution in [3.8, 4) is 0 Å². The molecule has 0 spiro atoms. The Hall–Kier alpha value is -2.66. The normalized spacial score (nSPS) is 16.0. The molecule has 0 saturated carbocycles. The van der Waals surface area contributed by atoms with Crippen LogP contribution < -0.4 is 5.32 Å². The molecule has 3 rings (SSSR count). The third-order valence-corrected chi connectivity index (χ3v) is 5.35.